The van der Waals surface area contributed by atoms with E-state index < -0.39 is 34.2 Å². The van der Waals surface area contributed by atoms with Gasteiger partial charge >= 0.3 is 6.18 Å². The summed E-state index contributed by atoms with van der Waals surface area (Å²) >= 11 is 0. The van der Waals surface area contributed by atoms with E-state index >= 15 is 0 Å². The molecule has 0 spiro atoms. The van der Waals surface area contributed by atoms with Crippen LogP contribution in [-0.4, -0.2) is 43.0 Å². The first-order valence-electron chi connectivity index (χ1n) is 9.47. The number of hydrogen-bond acceptors (Lipinski definition) is 6. The maximum atomic E-state index is 13.5. The number of halogens is 3. The summed E-state index contributed by atoms with van der Waals surface area (Å²) < 4.78 is 45.7. The summed E-state index contributed by atoms with van der Waals surface area (Å²) in [5, 5.41) is 15.9. The van der Waals surface area contributed by atoms with Crippen molar-refractivity contribution in [1.29, 1.82) is 0 Å². The van der Waals surface area contributed by atoms with Crippen molar-refractivity contribution in [2.24, 2.45) is 0 Å². The Morgan fingerprint density at radius 2 is 1.78 bits per heavy atom. The van der Waals surface area contributed by atoms with Gasteiger partial charge in [0.15, 0.2) is 0 Å². The molecule has 0 aromatic heterocycles. The van der Waals surface area contributed by atoms with Gasteiger partial charge in [0.25, 0.3) is 11.6 Å². The zero-order chi connectivity index (χ0) is 23.5. The van der Waals surface area contributed by atoms with Gasteiger partial charge in [0, 0.05) is 37.3 Å². The third-order valence-corrected chi connectivity index (χ3v) is 4.68. The van der Waals surface area contributed by atoms with Gasteiger partial charge in [-0.25, -0.2) is 0 Å². The summed E-state index contributed by atoms with van der Waals surface area (Å²) in [5.74, 6) is -1.50. The van der Waals surface area contributed by atoms with Crippen molar-refractivity contribution in [3.8, 4) is 0 Å². The summed E-state index contributed by atoms with van der Waals surface area (Å²) in [6.07, 6.45) is -4.82. The fraction of sp³-hybridized carbons (Fsp3) is 0.300. The van der Waals surface area contributed by atoms with Crippen LogP contribution in [0.5, 0.6) is 0 Å². The van der Waals surface area contributed by atoms with Crippen LogP contribution in [0.15, 0.2) is 36.4 Å². The minimum Gasteiger partial charge on any atom is -0.378 e. The maximum Gasteiger partial charge on any atom is 0.418 e. The number of nitro groups is 1. The number of carbonyl (C=O) groups is 2. The van der Waals surface area contributed by atoms with Gasteiger partial charge < -0.3 is 20.3 Å². The number of benzene rings is 2. The van der Waals surface area contributed by atoms with Crippen molar-refractivity contribution < 1.29 is 32.4 Å². The number of morpholine rings is 1. The maximum absolute atomic E-state index is 13.5. The van der Waals surface area contributed by atoms with E-state index in [-0.39, 0.29) is 16.9 Å². The Bertz CT molecular complexity index is 1050. The number of alkyl halides is 3. The molecule has 2 aromatic carbocycles. The molecule has 12 heteroatoms. The molecular weight excluding hydrogens is 433 g/mol. The first kappa shape index (κ1) is 23.0. The fourth-order valence-corrected chi connectivity index (χ4v) is 3.25. The second-order valence-electron chi connectivity index (χ2n) is 6.95. The van der Waals surface area contributed by atoms with E-state index in [4.69, 9.17) is 4.74 Å². The minimum absolute atomic E-state index is 0.0895. The van der Waals surface area contributed by atoms with Gasteiger partial charge in [0.05, 0.1) is 29.4 Å². The van der Waals surface area contributed by atoms with Crippen LogP contribution in [0, 0.1) is 10.1 Å². The molecule has 0 unspecified atom stereocenters. The molecule has 1 aliphatic rings. The van der Waals surface area contributed by atoms with Crippen LogP contribution in [0.4, 0.5) is 35.9 Å². The van der Waals surface area contributed by atoms with Gasteiger partial charge in [-0.2, -0.15) is 13.2 Å². The molecule has 0 atom stereocenters. The van der Waals surface area contributed by atoms with Crippen molar-refractivity contribution >= 4 is 34.6 Å². The number of anilines is 3. The number of hydrogen-bond donors (Lipinski definition) is 2. The Hall–Kier alpha value is -3.67. The van der Waals surface area contributed by atoms with Gasteiger partial charge in [-0.1, -0.05) is 0 Å². The van der Waals surface area contributed by atoms with Crippen molar-refractivity contribution in [3.05, 3.63) is 57.6 Å². The zero-order valence-corrected chi connectivity index (χ0v) is 16.9. The molecule has 32 heavy (non-hydrogen) atoms. The third-order valence-electron chi connectivity index (χ3n) is 4.68. The second-order valence-corrected chi connectivity index (χ2v) is 6.95. The van der Waals surface area contributed by atoms with Crippen molar-refractivity contribution in [3.63, 3.8) is 0 Å². The zero-order valence-electron chi connectivity index (χ0n) is 16.9. The van der Waals surface area contributed by atoms with Crippen LogP contribution in [0.1, 0.15) is 22.8 Å². The highest BCUT2D eigenvalue weighted by Crippen LogP contribution is 2.37. The molecule has 2 N–H and O–H groups in total. The Morgan fingerprint density at radius 1 is 1.09 bits per heavy atom. The van der Waals surface area contributed by atoms with Crippen molar-refractivity contribution in [1.82, 2.24) is 0 Å². The van der Waals surface area contributed by atoms with E-state index in [2.05, 4.69) is 10.6 Å². The molecule has 0 radical (unpaired) electrons. The smallest absolute Gasteiger partial charge is 0.378 e. The van der Waals surface area contributed by atoms with Gasteiger partial charge in [0.1, 0.15) is 5.69 Å². The first-order valence-corrected chi connectivity index (χ1v) is 9.47. The molecule has 170 valence electrons. The highest BCUT2D eigenvalue weighted by molar-refractivity contribution is 6.05. The number of nitro benzene ring substituents is 1. The molecule has 3 rings (SSSR count). The largest absolute Gasteiger partial charge is 0.418 e. The molecular formula is C20H19F3N4O5. The lowest BCUT2D eigenvalue weighted by Gasteiger charge is -2.28. The number of nitrogens with zero attached hydrogens (tertiary/aromatic N) is 2. The lowest BCUT2D eigenvalue weighted by Crippen LogP contribution is -2.36. The van der Waals surface area contributed by atoms with E-state index in [1.807, 2.05) is 0 Å². The number of carbonyl (C=O) groups excluding carboxylic acids is 2. The summed E-state index contributed by atoms with van der Waals surface area (Å²) in [6, 6.07) is 6.63. The number of ether oxygens (including phenoxy) is 1. The predicted octanol–water partition coefficient (Wildman–Crippen LogP) is 3.66. The topological polar surface area (TPSA) is 114 Å². The van der Waals surface area contributed by atoms with Gasteiger partial charge in [-0.3, -0.25) is 19.7 Å². The average Bonchev–Trinajstić information content (AvgIpc) is 2.73. The summed E-state index contributed by atoms with van der Waals surface area (Å²) in [7, 11) is 0. The average molecular weight is 452 g/mol. The standard InChI is InChI=1S/C20H19F3N4O5/c1-12(28)24-14-3-4-16(15(11-14)20(21,22)23)25-19(29)13-2-5-17(18(10-13)27(30)31)26-6-8-32-9-7-26/h2-5,10-11H,6-9H2,1H3,(H,24,28)(H,25,29). The van der Waals surface area contributed by atoms with E-state index in [9.17, 15) is 32.9 Å². The van der Waals surface area contributed by atoms with Crippen molar-refractivity contribution in [2.75, 3.05) is 41.8 Å². The Balaban J connectivity index is 1.90. The van der Waals surface area contributed by atoms with E-state index in [1.165, 1.54) is 18.2 Å². The highest BCUT2D eigenvalue weighted by atomic mass is 19.4. The predicted molar refractivity (Wildman–Crippen MR) is 110 cm³/mol. The molecule has 1 heterocycles. The van der Waals surface area contributed by atoms with Gasteiger partial charge in [-0.15, -0.1) is 0 Å². The summed E-state index contributed by atoms with van der Waals surface area (Å²) in [6.45, 7) is 2.81. The van der Waals surface area contributed by atoms with Crippen LogP contribution >= 0.6 is 0 Å². The lowest BCUT2D eigenvalue weighted by molar-refractivity contribution is -0.384. The second kappa shape index (κ2) is 9.22. The number of nitrogens with one attached hydrogen (secondary N) is 2. The summed E-state index contributed by atoms with van der Waals surface area (Å²) in [4.78, 5) is 36.4. The third kappa shape index (κ3) is 5.32. The number of amides is 2. The molecule has 1 saturated heterocycles. The Kier molecular flexibility index (Phi) is 6.63. The van der Waals surface area contributed by atoms with E-state index in [1.54, 1.807) is 4.90 Å². The lowest BCUT2D eigenvalue weighted by atomic mass is 10.1. The van der Waals surface area contributed by atoms with E-state index in [0.29, 0.717) is 38.1 Å². The van der Waals surface area contributed by atoms with Gasteiger partial charge in [-0.05, 0) is 30.3 Å². The van der Waals surface area contributed by atoms with Crippen LogP contribution in [0.3, 0.4) is 0 Å². The fourth-order valence-electron chi connectivity index (χ4n) is 3.25. The van der Waals surface area contributed by atoms with Crippen LogP contribution in [0.25, 0.3) is 0 Å². The molecule has 1 aliphatic heterocycles. The van der Waals surface area contributed by atoms with Crippen molar-refractivity contribution in [2.45, 2.75) is 13.1 Å². The molecule has 0 bridgehead atoms. The molecule has 0 saturated carbocycles. The molecule has 2 amide bonds. The monoisotopic (exact) mass is 452 g/mol. The Labute approximate surface area is 180 Å². The summed E-state index contributed by atoms with van der Waals surface area (Å²) in [5.41, 5.74) is -2.02. The van der Waals surface area contributed by atoms with E-state index in [0.717, 1.165) is 19.1 Å². The normalized spacial score (nSPS) is 14.1. The molecule has 1 fully saturated rings. The van der Waals surface area contributed by atoms with Crippen LogP contribution in [-0.2, 0) is 15.7 Å². The SMILES string of the molecule is CC(=O)Nc1ccc(NC(=O)c2ccc(N3CCOCC3)c([N+](=O)[O-])c2)c(C(F)(F)F)c1. The van der Waals surface area contributed by atoms with Crippen LogP contribution in [0.2, 0.25) is 0 Å². The Morgan fingerprint density at radius 3 is 2.38 bits per heavy atom. The van der Waals surface area contributed by atoms with Gasteiger partial charge in [0.2, 0.25) is 5.91 Å². The van der Waals surface area contributed by atoms with Crippen LogP contribution < -0.4 is 15.5 Å². The quantitative estimate of drug-likeness (QED) is 0.529. The highest BCUT2D eigenvalue weighted by Gasteiger charge is 2.34. The minimum atomic E-state index is -4.82. The molecule has 0 aliphatic carbocycles. The molecule has 9 nitrogen and oxygen atoms in total. The first-order chi connectivity index (χ1) is 15.1. The molecule has 2 aromatic rings. The number of rotatable bonds is 5.